The van der Waals surface area contributed by atoms with E-state index in [0.29, 0.717) is 10.7 Å². The third-order valence-electron chi connectivity index (χ3n) is 2.04. The van der Waals surface area contributed by atoms with E-state index >= 15 is 0 Å². The van der Waals surface area contributed by atoms with E-state index in [0.717, 1.165) is 6.42 Å². The largest absolute Gasteiger partial charge is 0.398 e. The molecule has 0 bridgehead atoms. The summed E-state index contributed by atoms with van der Waals surface area (Å²) in [5.41, 5.74) is 6.37. The molecule has 1 heterocycles. The molecular formula is C10H10ClNS. The molecule has 0 saturated heterocycles. The molecule has 0 aliphatic rings. The van der Waals surface area contributed by atoms with Crippen LogP contribution in [0.25, 0.3) is 10.1 Å². The van der Waals surface area contributed by atoms with Gasteiger partial charge in [-0.3, -0.25) is 0 Å². The highest BCUT2D eigenvalue weighted by Crippen LogP contribution is 2.32. The van der Waals surface area contributed by atoms with Crippen molar-refractivity contribution >= 4 is 38.7 Å². The molecule has 0 unspecified atom stereocenters. The quantitative estimate of drug-likeness (QED) is 0.716. The van der Waals surface area contributed by atoms with Crippen LogP contribution < -0.4 is 5.73 Å². The molecular weight excluding hydrogens is 202 g/mol. The van der Waals surface area contributed by atoms with Crippen LogP contribution in [-0.4, -0.2) is 0 Å². The molecule has 1 nitrogen and oxygen atoms in total. The van der Waals surface area contributed by atoms with Crippen LogP contribution in [0.3, 0.4) is 0 Å². The molecule has 1 aromatic heterocycles. The fraction of sp³-hybridized carbons (Fsp3) is 0.200. The lowest BCUT2D eigenvalue weighted by Gasteiger charge is -1.96. The van der Waals surface area contributed by atoms with Gasteiger partial charge in [0, 0.05) is 9.58 Å². The van der Waals surface area contributed by atoms with Gasteiger partial charge in [0.1, 0.15) is 0 Å². The number of anilines is 1. The number of aryl methyl sites for hydroxylation is 1. The average Bonchev–Trinajstić information content (AvgIpc) is 2.48. The van der Waals surface area contributed by atoms with Crippen molar-refractivity contribution in [2.45, 2.75) is 13.3 Å². The number of nitrogens with two attached hydrogens (primary N) is 1. The van der Waals surface area contributed by atoms with Gasteiger partial charge in [0.05, 0.1) is 10.7 Å². The highest BCUT2D eigenvalue weighted by atomic mass is 35.5. The average molecular weight is 212 g/mol. The summed E-state index contributed by atoms with van der Waals surface area (Å²) < 4.78 is 1.22. The third kappa shape index (κ3) is 1.52. The minimum Gasteiger partial charge on any atom is -0.398 e. The van der Waals surface area contributed by atoms with Crippen LogP contribution in [0.1, 0.15) is 11.8 Å². The monoisotopic (exact) mass is 211 g/mol. The van der Waals surface area contributed by atoms with Crippen molar-refractivity contribution in [3.05, 3.63) is 28.1 Å². The molecule has 0 aliphatic heterocycles. The molecule has 0 spiro atoms. The number of benzene rings is 1. The Morgan fingerprint density at radius 2 is 2.15 bits per heavy atom. The highest BCUT2D eigenvalue weighted by Gasteiger charge is 2.03. The Labute approximate surface area is 86.1 Å². The second-order valence-corrected chi connectivity index (χ2v) is 4.55. The maximum atomic E-state index is 5.92. The van der Waals surface area contributed by atoms with Crippen LogP contribution in [0.4, 0.5) is 5.69 Å². The fourth-order valence-corrected chi connectivity index (χ4v) is 2.56. The van der Waals surface area contributed by atoms with E-state index in [9.17, 15) is 0 Å². The van der Waals surface area contributed by atoms with E-state index in [4.69, 9.17) is 17.3 Å². The smallest absolute Gasteiger partial charge is 0.0649 e. The van der Waals surface area contributed by atoms with Crippen molar-refractivity contribution in [3.63, 3.8) is 0 Å². The lowest BCUT2D eigenvalue weighted by molar-refractivity contribution is 1.19. The van der Waals surface area contributed by atoms with Gasteiger partial charge in [0.15, 0.2) is 0 Å². The van der Waals surface area contributed by atoms with Crippen LogP contribution in [0.2, 0.25) is 5.02 Å². The van der Waals surface area contributed by atoms with Gasteiger partial charge in [0.25, 0.3) is 0 Å². The number of fused-ring (bicyclic) bond motifs is 1. The standard InChI is InChI=1S/C10H10ClNS/c1-2-7-3-6-4-9(12)8(11)5-10(6)13-7/h3-5H,2,12H2,1H3. The second-order valence-electron chi connectivity index (χ2n) is 2.98. The SMILES string of the molecule is CCc1cc2cc(N)c(Cl)cc2s1. The van der Waals surface area contributed by atoms with Crippen molar-refractivity contribution in [2.75, 3.05) is 5.73 Å². The van der Waals surface area contributed by atoms with Crippen molar-refractivity contribution in [2.24, 2.45) is 0 Å². The van der Waals surface area contributed by atoms with Crippen LogP contribution >= 0.6 is 22.9 Å². The van der Waals surface area contributed by atoms with E-state index in [-0.39, 0.29) is 0 Å². The number of hydrogen-bond acceptors (Lipinski definition) is 2. The molecule has 0 saturated carbocycles. The Bertz CT molecular complexity index is 408. The van der Waals surface area contributed by atoms with Crippen LogP contribution in [-0.2, 0) is 6.42 Å². The van der Waals surface area contributed by atoms with Gasteiger partial charge < -0.3 is 5.73 Å². The predicted octanol–water partition coefficient (Wildman–Crippen LogP) is 3.70. The lowest BCUT2D eigenvalue weighted by atomic mass is 10.2. The van der Waals surface area contributed by atoms with Crippen LogP contribution in [0.15, 0.2) is 18.2 Å². The Morgan fingerprint density at radius 3 is 2.85 bits per heavy atom. The molecule has 1 aromatic carbocycles. The number of thiophene rings is 1. The first kappa shape index (κ1) is 8.85. The molecule has 2 N–H and O–H groups in total. The Balaban J connectivity index is 2.70. The van der Waals surface area contributed by atoms with Crippen molar-refractivity contribution < 1.29 is 0 Å². The van der Waals surface area contributed by atoms with Crippen molar-refractivity contribution in [1.29, 1.82) is 0 Å². The van der Waals surface area contributed by atoms with Crippen molar-refractivity contribution in [1.82, 2.24) is 0 Å². The number of rotatable bonds is 1. The van der Waals surface area contributed by atoms with E-state index in [2.05, 4.69) is 13.0 Å². The number of hydrogen-bond donors (Lipinski definition) is 1. The minimum atomic E-state index is 0.650. The molecule has 68 valence electrons. The van der Waals surface area contributed by atoms with Gasteiger partial charge >= 0.3 is 0 Å². The normalized spacial score (nSPS) is 10.9. The first-order valence-corrected chi connectivity index (χ1v) is 5.37. The molecule has 0 amide bonds. The zero-order chi connectivity index (χ0) is 9.42. The molecule has 13 heavy (non-hydrogen) atoms. The lowest BCUT2D eigenvalue weighted by Crippen LogP contribution is -1.83. The first-order valence-electron chi connectivity index (χ1n) is 4.18. The van der Waals surface area contributed by atoms with Gasteiger partial charge in [-0.25, -0.2) is 0 Å². The summed E-state index contributed by atoms with van der Waals surface area (Å²) in [7, 11) is 0. The van der Waals surface area contributed by atoms with E-state index in [1.54, 1.807) is 11.3 Å². The summed E-state index contributed by atoms with van der Waals surface area (Å²) >= 11 is 7.70. The molecule has 0 aliphatic carbocycles. The maximum Gasteiger partial charge on any atom is 0.0649 e. The summed E-state index contributed by atoms with van der Waals surface area (Å²) in [5.74, 6) is 0. The molecule has 0 atom stereocenters. The Hall–Kier alpha value is -0.730. The molecule has 0 fully saturated rings. The van der Waals surface area contributed by atoms with Gasteiger partial charge in [0.2, 0.25) is 0 Å². The molecule has 2 aromatic rings. The first-order chi connectivity index (χ1) is 6.20. The minimum absolute atomic E-state index is 0.650. The Kier molecular flexibility index (Phi) is 2.18. The fourth-order valence-electron chi connectivity index (χ4n) is 1.31. The number of nitrogen functional groups attached to an aromatic ring is 1. The van der Waals surface area contributed by atoms with Crippen LogP contribution in [0, 0.1) is 0 Å². The summed E-state index contributed by atoms with van der Waals surface area (Å²) in [4.78, 5) is 1.37. The third-order valence-corrected chi connectivity index (χ3v) is 3.60. The van der Waals surface area contributed by atoms with Crippen molar-refractivity contribution in [3.8, 4) is 0 Å². The summed E-state index contributed by atoms with van der Waals surface area (Å²) in [6, 6.07) is 6.05. The van der Waals surface area contributed by atoms with Gasteiger partial charge in [-0.15, -0.1) is 11.3 Å². The van der Waals surface area contributed by atoms with Gasteiger partial charge in [-0.1, -0.05) is 18.5 Å². The number of halogens is 1. The predicted molar refractivity (Wildman–Crippen MR) is 60.6 cm³/mol. The molecule has 3 heteroatoms. The van der Waals surface area contributed by atoms with E-state index in [1.165, 1.54) is 15.0 Å². The zero-order valence-corrected chi connectivity index (χ0v) is 8.88. The summed E-state index contributed by atoms with van der Waals surface area (Å²) in [6.45, 7) is 2.15. The van der Waals surface area contributed by atoms with Gasteiger partial charge in [-0.05, 0) is 30.0 Å². The van der Waals surface area contributed by atoms with Crippen LogP contribution in [0.5, 0.6) is 0 Å². The summed E-state index contributed by atoms with van der Waals surface area (Å²) in [5, 5.41) is 1.85. The molecule has 0 radical (unpaired) electrons. The van der Waals surface area contributed by atoms with E-state index in [1.807, 2.05) is 12.1 Å². The van der Waals surface area contributed by atoms with Gasteiger partial charge in [-0.2, -0.15) is 0 Å². The highest BCUT2D eigenvalue weighted by molar-refractivity contribution is 7.19. The maximum absolute atomic E-state index is 5.92. The topological polar surface area (TPSA) is 26.0 Å². The summed E-state index contributed by atoms with van der Waals surface area (Å²) in [6.07, 6.45) is 1.07. The second kappa shape index (κ2) is 3.20. The zero-order valence-electron chi connectivity index (χ0n) is 7.30. The Morgan fingerprint density at radius 1 is 1.38 bits per heavy atom. The molecule has 2 rings (SSSR count). The van der Waals surface area contributed by atoms with E-state index < -0.39 is 0 Å².